The normalized spacial score (nSPS) is 28.6. The first kappa shape index (κ1) is 13.5. The summed E-state index contributed by atoms with van der Waals surface area (Å²) < 4.78 is 0. The number of nitrogens with two attached hydrogens (primary N) is 1. The summed E-state index contributed by atoms with van der Waals surface area (Å²) in [5.41, 5.74) is 8.98. The Morgan fingerprint density at radius 1 is 1.44 bits per heavy atom. The van der Waals surface area contributed by atoms with Crippen molar-refractivity contribution in [2.75, 3.05) is 0 Å². The Kier molecular flexibility index (Phi) is 4.06. The molecule has 1 fully saturated rings. The zero-order valence-electron chi connectivity index (χ0n) is 11.9. The highest BCUT2D eigenvalue weighted by atomic mass is 14.8. The fourth-order valence-electron chi connectivity index (χ4n) is 3.38. The molecule has 2 rings (SSSR count). The van der Waals surface area contributed by atoms with Gasteiger partial charge in [-0.05, 0) is 49.1 Å². The summed E-state index contributed by atoms with van der Waals surface area (Å²) in [6.45, 7) is 6.70. The molecular weight excluding hydrogens is 220 g/mol. The minimum absolute atomic E-state index is 0.142. The van der Waals surface area contributed by atoms with Crippen LogP contribution in [0.15, 0.2) is 18.5 Å². The van der Waals surface area contributed by atoms with Crippen molar-refractivity contribution in [1.82, 2.24) is 4.98 Å². The quantitative estimate of drug-likeness (QED) is 0.881. The van der Waals surface area contributed by atoms with Gasteiger partial charge in [0.1, 0.15) is 0 Å². The molecule has 18 heavy (non-hydrogen) atoms. The monoisotopic (exact) mass is 246 g/mol. The van der Waals surface area contributed by atoms with Crippen molar-refractivity contribution in [3.8, 4) is 0 Å². The summed E-state index contributed by atoms with van der Waals surface area (Å²) in [4.78, 5) is 4.31. The molecule has 0 bridgehead atoms. The number of rotatable bonds is 3. The van der Waals surface area contributed by atoms with Gasteiger partial charge in [0.05, 0.1) is 0 Å². The molecule has 2 heteroatoms. The maximum Gasteiger partial charge on any atom is 0.0427 e. The Morgan fingerprint density at radius 3 is 2.89 bits per heavy atom. The molecule has 1 aliphatic carbocycles. The summed E-state index contributed by atoms with van der Waals surface area (Å²) >= 11 is 0. The van der Waals surface area contributed by atoms with Gasteiger partial charge in [-0.3, -0.25) is 4.98 Å². The average molecular weight is 246 g/mol. The lowest BCUT2D eigenvalue weighted by molar-refractivity contribution is 0.202. The second-order valence-corrected chi connectivity index (χ2v) is 6.50. The van der Waals surface area contributed by atoms with Crippen LogP contribution in [-0.4, -0.2) is 4.98 Å². The highest BCUT2D eigenvalue weighted by Crippen LogP contribution is 2.40. The van der Waals surface area contributed by atoms with E-state index in [0.717, 1.165) is 24.7 Å². The van der Waals surface area contributed by atoms with E-state index < -0.39 is 0 Å². The van der Waals surface area contributed by atoms with Crippen LogP contribution in [0.5, 0.6) is 0 Å². The molecule has 1 aromatic heterocycles. The highest BCUT2D eigenvalue weighted by Gasteiger charge is 2.34. The Balaban J connectivity index is 2.15. The van der Waals surface area contributed by atoms with Gasteiger partial charge in [0, 0.05) is 17.9 Å². The van der Waals surface area contributed by atoms with E-state index in [1.807, 2.05) is 12.4 Å². The maximum atomic E-state index is 6.68. The van der Waals surface area contributed by atoms with Gasteiger partial charge in [-0.25, -0.2) is 0 Å². The van der Waals surface area contributed by atoms with Crippen molar-refractivity contribution in [2.45, 2.75) is 58.4 Å². The van der Waals surface area contributed by atoms with E-state index in [2.05, 4.69) is 31.8 Å². The molecule has 100 valence electrons. The number of hydrogen-bond acceptors (Lipinski definition) is 2. The fraction of sp³-hybridized carbons (Fsp3) is 0.688. The van der Waals surface area contributed by atoms with Gasteiger partial charge < -0.3 is 5.73 Å². The van der Waals surface area contributed by atoms with E-state index in [9.17, 15) is 0 Å². The second-order valence-electron chi connectivity index (χ2n) is 6.50. The van der Waals surface area contributed by atoms with Crippen molar-refractivity contribution >= 4 is 0 Å². The van der Waals surface area contributed by atoms with E-state index in [1.54, 1.807) is 0 Å². The Morgan fingerprint density at radius 2 is 2.22 bits per heavy atom. The van der Waals surface area contributed by atoms with Gasteiger partial charge in [0.15, 0.2) is 0 Å². The van der Waals surface area contributed by atoms with Crippen LogP contribution in [0.2, 0.25) is 0 Å². The van der Waals surface area contributed by atoms with E-state index >= 15 is 0 Å². The Hall–Kier alpha value is -0.890. The largest absolute Gasteiger partial charge is 0.321 e. The topological polar surface area (TPSA) is 38.9 Å². The Bertz CT molecular complexity index is 400. The van der Waals surface area contributed by atoms with Crippen LogP contribution in [0.25, 0.3) is 0 Å². The van der Waals surface area contributed by atoms with Crippen LogP contribution >= 0.6 is 0 Å². The van der Waals surface area contributed by atoms with Crippen molar-refractivity contribution in [2.24, 2.45) is 17.6 Å². The molecule has 0 radical (unpaired) electrons. The van der Waals surface area contributed by atoms with Crippen LogP contribution in [0.3, 0.4) is 0 Å². The molecule has 1 aliphatic rings. The molecule has 2 atom stereocenters. The summed E-state index contributed by atoms with van der Waals surface area (Å²) in [6, 6.07) is 2.21. The van der Waals surface area contributed by atoms with E-state index in [-0.39, 0.29) is 5.54 Å². The molecule has 0 aliphatic heterocycles. The number of hydrogen-bond donors (Lipinski definition) is 1. The highest BCUT2D eigenvalue weighted by molar-refractivity contribution is 5.25. The molecule has 2 nitrogen and oxygen atoms in total. The SMILES string of the molecule is Cc1cncc(C2(N)CCCC(CC(C)C)C2)c1. The number of aromatic nitrogens is 1. The molecule has 0 spiro atoms. The van der Waals surface area contributed by atoms with E-state index in [1.165, 1.54) is 30.4 Å². The second kappa shape index (κ2) is 5.40. The first-order chi connectivity index (χ1) is 8.49. The zero-order chi connectivity index (χ0) is 13.2. The number of aryl methyl sites for hydroxylation is 1. The fourth-order valence-corrected chi connectivity index (χ4v) is 3.38. The molecule has 1 heterocycles. The average Bonchev–Trinajstić information content (AvgIpc) is 2.28. The predicted octanol–water partition coefficient (Wildman–Crippen LogP) is 3.78. The lowest BCUT2D eigenvalue weighted by Gasteiger charge is -2.39. The number of nitrogens with zero attached hydrogens (tertiary/aromatic N) is 1. The smallest absolute Gasteiger partial charge is 0.0427 e. The summed E-state index contributed by atoms with van der Waals surface area (Å²) in [5.74, 6) is 1.55. The first-order valence-electron chi connectivity index (χ1n) is 7.20. The third-order valence-electron chi connectivity index (χ3n) is 4.14. The molecule has 0 saturated heterocycles. The third-order valence-corrected chi connectivity index (χ3v) is 4.14. The van der Waals surface area contributed by atoms with Crippen molar-refractivity contribution in [3.63, 3.8) is 0 Å². The van der Waals surface area contributed by atoms with Gasteiger partial charge >= 0.3 is 0 Å². The van der Waals surface area contributed by atoms with Crippen LogP contribution in [0, 0.1) is 18.8 Å². The lowest BCUT2D eigenvalue weighted by Crippen LogP contribution is -2.41. The zero-order valence-corrected chi connectivity index (χ0v) is 11.9. The predicted molar refractivity (Wildman–Crippen MR) is 76.3 cm³/mol. The first-order valence-corrected chi connectivity index (χ1v) is 7.20. The molecular formula is C16H26N2. The van der Waals surface area contributed by atoms with E-state index in [0.29, 0.717) is 0 Å². The minimum atomic E-state index is -0.142. The van der Waals surface area contributed by atoms with Gasteiger partial charge in [-0.2, -0.15) is 0 Å². The van der Waals surface area contributed by atoms with Gasteiger partial charge in [0.2, 0.25) is 0 Å². The van der Waals surface area contributed by atoms with Crippen molar-refractivity contribution in [1.29, 1.82) is 0 Å². The summed E-state index contributed by atoms with van der Waals surface area (Å²) in [5, 5.41) is 0. The Labute approximate surface area is 111 Å². The van der Waals surface area contributed by atoms with Gasteiger partial charge in [0.25, 0.3) is 0 Å². The standard InChI is InChI=1S/C16H26N2/c1-12(2)7-14-5-4-6-16(17,9-14)15-8-13(3)10-18-11-15/h8,10-12,14H,4-7,9,17H2,1-3H3. The van der Waals surface area contributed by atoms with Crippen molar-refractivity contribution in [3.05, 3.63) is 29.6 Å². The number of pyridine rings is 1. The van der Waals surface area contributed by atoms with Crippen molar-refractivity contribution < 1.29 is 0 Å². The lowest BCUT2D eigenvalue weighted by atomic mass is 9.71. The van der Waals surface area contributed by atoms with Crippen LogP contribution in [-0.2, 0) is 5.54 Å². The van der Waals surface area contributed by atoms with Crippen LogP contribution < -0.4 is 5.73 Å². The molecule has 2 unspecified atom stereocenters. The van der Waals surface area contributed by atoms with Crippen LogP contribution in [0.4, 0.5) is 0 Å². The third kappa shape index (κ3) is 3.11. The molecule has 0 amide bonds. The molecule has 1 saturated carbocycles. The van der Waals surface area contributed by atoms with Gasteiger partial charge in [-0.1, -0.05) is 32.8 Å². The molecule has 0 aromatic carbocycles. The van der Waals surface area contributed by atoms with Crippen LogP contribution in [0.1, 0.15) is 57.1 Å². The summed E-state index contributed by atoms with van der Waals surface area (Å²) in [6.07, 6.45) is 9.99. The van der Waals surface area contributed by atoms with E-state index in [4.69, 9.17) is 5.73 Å². The molecule has 2 N–H and O–H groups in total. The molecule has 1 aromatic rings. The van der Waals surface area contributed by atoms with Gasteiger partial charge in [-0.15, -0.1) is 0 Å². The minimum Gasteiger partial charge on any atom is -0.321 e. The summed E-state index contributed by atoms with van der Waals surface area (Å²) in [7, 11) is 0. The maximum absolute atomic E-state index is 6.68.